The van der Waals surface area contributed by atoms with Crippen molar-refractivity contribution in [2.24, 2.45) is 0 Å². The second-order valence-corrected chi connectivity index (χ2v) is 9.19. The van der Waals surface area contributed by atoms with Crippen molar-refractivity contribution >= 4 is 11.8 Å². The van der Waals surface area contributed by atoms with E-state index in [-0.39, 0.29) is 17.2 Å². The summed E-state index contributed by atoms with van der Waals surface area (Å²) in [6.07, 6.45) is 1.07. The zero-order chi connectivity index (χ0) is 23.3. The fourth-order valence-electron chi connectivity index (χ4n) is 3.90. The molecule has 6 nitrogen and oxygen atoms in total. The number of piperazine rings is 1. The minimum atomic E-state index is 0.0305. The predicted octanol–water partition coefficient (Wildman–Crippen LogP) is 3.92. The standard InChI is InChI=1S/C26H34N2O4/c1-26(2,3)21-10-8-20(9-11-21)25(30)28-16-14-27(15-17-28)24(29)13-7-19-6-12-22(31-4)23(18-19)32-5/h6,8-12,18H,7,13-17H2,1-5H3. The maximum atomic E-state index is 12.9. The number of methoxy groups -OCH3 is 2. The van der Waals surface area contributed by atoms with Crippen molar-refractivity contribution in [2.45, 2.75) is 39.0 Å². The summed E-state index contributed by atoms with van der Waals surface area (Å²) in [6.45, 7) is 8.72. The van der Waals surface area contributed by atoms with Crippen molar-refractivity contribution in [3.8, 4) is 11.5 Å². The van der Waals surface area contributed by atoms with Crippen molar-refractivity contribution in [3.63, 3.8) is 0 Å². The Morgan fingerprint density at radius 2 is 1.44 bits per heavy atom. The predicted molar refractivity (Wildman–Crippen MR) is 125 cm³/mol. The van der Waals surface area contributed by atoms with Crippen LogP contribution in [0, 0.1) is 0 Å². The maximum Gasteiger partial charge on any atom is 0.253 e. The lowest BCUT2D eigenvalue weighted by Gasteiger charge is -2.35. The van der Waals surface area contributed by atoms with Crippen LogP contribution in [0.3, 0.4) is 0 Å². The largest absolute Gasteiger partial charge is 0.493 e. The Labute approximate surface area is 191 Å². The minimum Gasteiger partial charge on any atom is -0.493 e. The molecule has 6 heteroatoms. The van der Waals surface area contributed by atoms with Crippen LogP contribution in [0.1, 0.15) is 48.7 Å². The van der Waals surface area contributed by atoms with E-state index in [1.54, 1.807) is 14.2 Å². The Kier molecular flexibility index (Phi) is 7.44. The molecule has 0 bridgehead atoms. The fraction of sp³-hybridized carbons (Fsp3) is 0.462. The molecule has 172 valence electrons. The van der Waals surface area contributed by atoms with Gasteiger partial charge in [0.1, 0.15) is 0 Å². The van der Waals surface area contributed by atoms with Gasteiger partial charge in [-0.15, -0.1) is 0 Å². The molecule has 1 saturated heterocycles. The van der Waals surface area contributed by atoms with Crippen molar-refractivity contribution in [1.82, 2.24) is 9.80 Å². The number of rotatable bonds is 6. The number of aryl methyl sites for hydroxylation is 1. The lowest BCUT2D eigenvalue weighted by atomic mass is 9.86. The number of hydrogen-bond donors (Lipinski definition) is 0. The van der Waals surface area contributed by atoms with Crippen molar-refractivity contribution < 1.29 is 19.1 Å². The van der Waals surface area contributed by atoms with E-state index in [1.807, 2.05) is 52.3 Å². The average molecular weight is 439 g/mol. The van der Waals surface area contributed by atoms with Crippen LogP contribution < -0.4 is 9.47 Å². The monoisotopic (exact) mass is 438 g/mol. The summed E-state index contributed by atoms with van der Waals surface area (Å²) in [4.78, 5) is 29.2. The molecule has 1 aliphatic heterocycles. The number of nitrogens with zero attached hydrogens (tertiary/aromatic N) is 2. The number of benzene rings is 2. The first-order chi connectivity index (χ1) is 15.2. The highest BCUT2D eigenvalue weighted by Crippen LogP contribution is 2.28. The SMILES string of the molecule is COc1ccc(CCC(=O)N2CCN(C(=O)c3ccc(C(C)(C)C)cc3)CC2)cc1OC. The summed E-state index contributed by atoms with van der Waals surface area (Å²) in [6, 6.07) is 13.6. The van der Waals surface area contributed by atoms with E-state index < -0.39 is 0 Å². The first-order valence-electron chi connectivity index (χ1n) is 11.1. The molecular weight excluding hydrogens is 404 g/mol. The summed E-state index contributed by atoms with van der Waals surface area (Å²) in [5.41, 5.74) is 3.00. The van der Waals surface area contributed by atoms with Gasteiger partial charge in [-0.25, -0.2) is 0 Å². The Bertz CT molecular complexity index is 939. The third kappa shape index (κ3) is 5.61. The maximum absolute atomic E-state index is 12.9. The van der Waals surface area contributed by atoms with E-state index in [0.717, 1.165) is 5.56 Å². The molecular formula is C26H34N2O4. The van der Waals surface area contributed by atoms with Gasteiger partial charge in [0.05, 0.1) is 14.2 Å². The normalized spacial score (nSPS) is 14.3. The van der Waals surface area contributed by atoms with Gasteiger partial charge >= 0.3 is 0 Å². The Morgan fingerprint density at radius 3 is 2.00 bits per heavy atom. The zero-order valence-corrected chi connectivity index (χ0v) is 19.8. The van der Waals surface area contributed by atoms with Crippen LogP contribution in [-0.2, 0) is 16.6 Å². The van der Waals surface area contributed by atoms with Crippen molar-refractivity contribution in [1.29, 1.82) is 0 Å². The smallest absolute Gasteiger partial charge is 0.253 e. The summed E-state index contributed by atoms with van der Waals surface area (Å²) in [7, 11) is 3.21. The third-order valence-corrected chi connectivity index (χ3v) is 5.99. The van der Waals surface area contributed by atoms with Crippen LogP contribution in [0.5, 0.6) is 11.5 Å². The van der Waals surface area contributed by atoms with Gasteiger partial charge in [-0.3, -0.25) is 9.59 Å². The van der Waals surface area contributed by atoms with E-state index in [4.69, 9.17) is 9.47 Å². The molecule has 1 heterocycles. The van der Waals surface area contributed by atoms with Gasteiger partial charge in [-0.05, 0) is 47.2 Å². The number of hydrogen-bond acceptors (Lipinski definition) is 4. The fourth-order valence-corrected chi connectivity index (χ4v) is 3.90. The second-order valence-electron chi connectivity index (χ2n) is 9.19. The Morgan fingerprint density at radius 1 is 0.844 bits per heavy atom. The van der Waals surface area contributed by atoms with Crippen LogP contribution in [0.2, 0.25) is 0 Å². The first kappa shape index (κ1) is 23.6. The lowest BCUT2D eigenvalue weighted by Crippen LogP contribution is -2.50. The minimum absolute atomic E-state index is 0.0305. The molecule has 0 aromatic heterocycles. The van der Waals surface area contributed by atoms with Gasteiger partial charge in [0.15, 0.2) is 11.5 Å². The molecule has 2 aromatic carbocycles. The summed E-state index contributed by atoms with van der Waals surface area (Å²) >= 11 is 0. The molecule has 0 unspecified atom stereocenters. The number of amides is 2. The average Bonchev–Trinajstić information content (AvgIpc) is 2.81. The molecule has 0 radical (unpaired) electrons. The molecule has 0 aliphatic carbocycles. The van der Waals surface area contributed by atoms with Crippen LogP contribution >= 0.6 is 0 Å². The molecule has 32 heavy (non-hydrogen) atoms. The van der Waals surface area contributed by atoms with Gasteiger partial charge in [-0.2, -0.15) is 0 Å². The van der Waals surface area contributed by atoms with Gasteiger partial charge in [-0.1, -0.05) is 39.0 Å². The van der Waals surface area contributed by atoms with Gasteiger partial charge in [0, 0.05) is 38.2 Å². The quantitative estimate of drug-likeness (QED) is 0.686. The molecule has 3 rings (SSSR count). The van der Waals surface area contributed by atoms with Crippen LogP contribution in [0.25, 0.3) is 0 Å². The highest BCUT2D eigenvalue weighted by atomic mass is 16.5. The molecule has 1 fully saturated rings. The zero-order valence-electron chi connectivity index (χ0n) is 19.8. The molecule has 1 aliphatic rings. The number of carbonyl (C=O) groups excluding carboxylic acids is 2. The van der Waals surface area contributed by atoms with E-state index in [1.165, 1.54) is 5.56 Å². The third-order valence-electron chi connectivity index (χ3n) is 5.99. The summed E-state index contributed by atoms with van der Waals surface area (Å²) in [5, 5.41) is 0. The van der Waals surface area contributed by atoms with E-state index >= 15 is 0 Å². The second kappa shape index (κ2) is 10.1. The number of ether oxygens (including phenoxy) is 2. The van der Waals surface area contributed by atoms with Gasteiger partial charge < -0.3 is 19.3 Å². The molecule has 0 N–H and O–H groups in total. The molecule has 0 spiro atoms. The molecule has 0 saturated carbocycles. The molecule has 2 aromatic rings. The summed E-state index contributed by atoms with van der Waals surface area (Å²) in [5.74, 6) is 1.49. The van der Waals surface area contributed by atoms with Crippen LogP contribution in [0.4, 0.5) is 0 Å². The first-order valence-corrected chi connectivity index (χ1v) is 11.1. The highest BCUT2D eigenvalue weighted by molar-refractivity contribution is 5.94. The summed E-state index contributed by atoms with van der Waals surface area (Å²) < 4.78 is 10.6. The van der Waals surface area contributed by atoms with Crippen molar-refractivity contribution in [3.05, 3.63) is 59.2 Å². The highest BCUT2D eigenvalue weighted by Gasteiger charge is 2.25. The topological polar surface area (TPSA) is 59.1 Å². The van der Waals surface area contributed by atoms with E-state index in [9.17, 15) is 9.59 Å². The molecule has 0 atom stereocenters. The van der Waals surface area contributed by atoms with E-state index in [0.29, 0.717) is 56.1 Å². The van der Waals surface area contributed by atoms with Crippen LogP contribution in [0.15, 0.2) is 42.5 Å². The Balaban J connectivity index is 1.50. The lowest BCUT2D eigenvalue weighted by molar-refractivity contribution is -0.132. The van der Waals surface area contributed by atoms with Gasteiger partial charge in [0.2, 0.25) is 5.91 Å². The Hall–Kier alpha value is -3.02. The van der Waals surface area contributed by atoms with Gasteiger partial charge in [0.25, 0.3) is 5.91 Å². The van der Waals surface area contributed by atoms with E-state index in [2.05, 4.69) is 20.8 Å². The number of carbonyl (C=O) groups is 2. The molecule has 2 amide bonds. The van der Waals surface area contributed by atoms with Crippen LogP contribution in [-0.4, -0.2) is 62.0 Å². The van der Waals surface area contributed by atoms with Crippen molar-refractivity contribution in [2.75, 3.05) is 40.4 Å².